The van der Waals surface area contributed by atoms with Gasteiger partial charge in [0.15, 0.2) is 0 Å². The van der Waals surface area contributed by atoms with Crippen molar-refractivity contribution in [2.24, 2.45) is 0 Å². The van der Waals surface area contributed by atoms with Gasteiger partial charge in [-0.2, -0.15) is 0 Å². The second-order valence-corrected chi connectivity index (χ2v) is 4.81. The van der Waals surface area contributed by atoms with E-state index in [9.17, 15) is 9.90 Å². The third-order valence-electron chi connectivity index (χ3n) is 3.55. The number of aromatic hydroxyl groups is 1. The van der Waals surface area contributed by atoms with E-state index in [1.54, 1.807) is 18.2 Å². The van der Waals surface area contributed by atoms with Gasteiger partial charge in [-0.1, -0.05) is 12.1 Å². The van der Waals surface area contributed by atoms with E-state index in [0.29, 0.717) is 11.6 Å². The molecule has 1 aliphatic carbocycles. The molecule has 1 aliphatic rings. The van der Waals surface area contributed by atoms with E-state index in [1.165, 1.54) is 6.42 Å². The first-order valence-electron chi connectivity index (χ1n) is 6.26. The van der Waals surface area contributed by atoms with Crippen molar-refractivity contribution in [2.75, 3.05) is 0 Å². The number of hydrogen-bond donors (Lipinski definition) is 2. The smallest absolute Gasteiger partial charge is 0.252 e. The Morgan fingerprint density at radius 1 is 1.22 bits per heavy atom. The average Bonchev–Trinajstić information content (AvgIpc) is 2.32. The Kier molecular flexibility index (Phi) is 2.67. The van der Waals surface area contributed by atoms with Crippen molar-refractivity contribution in [1.82, 2.24) is 5.32 Å². The number of phenolic OH excluding ortho intramolecular Hbond substituents is 1. The summed E-state index contributed by atoms with van der Waals surface area (Å²) >= 11 is 0. The largest absolute Gasteiger partial charge is 0.508 e. The molecule has 0 atom stereocenters. The normalized spacial score (nSPS) is 15.3. The lowest BCUT2D eigenvalue weighted by molar-refractivity contribution is 0.0918. The molecular weight excluding hydrogens is 226 g/mol. The molecule has 0 bridgehead atoms. The third kappa shape index (κ3) is 1.92. The molecular formula is C15H15NO2. The molecule has 3 nitrogen and oxygen atoms in total. The Morgan fingerprint density at radius 3 is 2.78 bits per heavy atom. The first-order valence-corrected chi connectivity index (χ1v) is 6.26. The van der Waals surface area contributed by atoms with E-state index in [2.05, 4.69) is 5.32 Å². The van der Waals surface area contributed by atoms with Crippen LogP contribution in [0.2, 0.25) is 0 Å². The zero-order valence-electron chi connectivity index (χ0n) is 10.0. The number of rotatable bonds is 2. The minimum atomic E-state index is -0.0176. The molecule has 0 radical (unpaired) electrons. The van der Waals surface area contributed by atoms with Crippen LogP contribution in [0.5, 0.6) is 5.75 Å². The van der Waals surface area contributed by atoms with Crippen LogP contribution in [-0.2, 0) is 0 Å². The number of amides is 1. The zero-order chi connectivity index (χ0) is 12.5. The summed E-state index contributed by atoms with van der Waals surface area (Å²) in [6.45, 7) is 0. The quantitative estimate of drug-likeness (QED) is 0.849. The predicted octanol–water partition coefficient (Wildman–Crippen LogP) is 2.83. The Bertz CT molecular complexity index is 602. The molecule has 2 aromatic carbocycles. The predicted molar refractivity (Wildman–Crippen MR) is 70.7 cm³/mol. The minimum absolute atomic E-state index is 0.0176. The van der Waals surface area contributed by atoms with Crippen LogP contribution in [0.15, 0.2) is 36.4 Å². The van der Waals surface area contributed by atoms with Gasteiger partial charge in [-0.05, 0) is 54.3 Å². The number of nitrogens with one attached hydrogen (secondary N) is 1. The summed E-state index contributed by atoms with van der Waals surface area (Å²) in [5.74, 6) is 0.204. The van der Waals surface area contributed by atoms with E-state index in [4.69, 9.17) is 0 Å². The molecule has 3 heteroatoms. The Balaban J connectivity index is 1.97. The molecule has 0 unspecified atom stereocenters. The van der Waals surface area contributed by atoms with Gasteiger partial charge in [0, 0.05) is 11.6 Å². The van der Waals surface area contributed by atoms with Crippen LogP contribution in [0, 0.1) is 0 Å². The van der Waals surface area contributed by atoms with Crippen molar-refractivity contribution >= 4 is 16.7 Å². The number of phenols is 1. The monoisotopic (exact) mass is 241 g/mol. The van der Waals surface area contributed by atoms with E-state index in [1.807, 2.05) is 18.2 Å². The topological polar surface area (TPSA) is 49.3 Å². The summed E-state index contributed by atoms with van der Waals surface area (Å²) in [4.78, 5) is 12.2. The number of carbonyl (C=O) groups excluding carboxylic acids is 1. The van der Waals surface area contributed by atoms with Gasteiger partial charge < -0.3 is 10.4 Å². The highest BCUT2D eigenvalue weighted by atomic mass is 16.3. The number of benzene rings is 2. The second-order valence-electron chi connectivity index (χ2n) is 4.81. The van der Waals surface area contributed by atoms with Gasteiger partial charge in [0.05, 0.1) is 0 Å². The molecule has 1 amide bonds. The fraction of sp³-hybridized carbons (Fsp3) is 0.267. The fourth-order valence-electron chi connectivity index (χ4n) is 2.28. The summed E-state index contributed by atoms with van der Waals surface area (Å²) in [7, 11) is 0. The van der Waals surface area contributed by atoms with Crippen molar-refractivity contribution < 1.29 is 9.90 Å². The Labute approximate surface area is 105 Å². The van der Waals surface area contributed by atoms with Crippen molar-refractivity contribution in [1.29, 1.82) is 0 Å². The molecule has 2 aromatic rings. The standard InChI is InChI=1S/C15H15NO2/c17-12-7-8-13-10(9-12)3-1-6-14(13)15(18)16-11-4-2-5-11/h1,3,6-9,11,17H,2,4-5H2,(H,16,18). The van der Waals surface area contributed by atoms with Crippen LogP contribution < -0.4 is 5.32 Å². The van der Waals surface area contributed by atoms with Crippen LogP contribution in [0.25, 0.3) is 10.8 Å². The molecule has 18 heavy (non-hydrogen) atoms. The lowest BCUT2D eigenvalue weighted by atomic mass is 9.92. The number of fused-ring (bicyclic) bond motifs is 1. The van der Waals surface area contributed by atoms with Crippen molar-refractivity contribution in [3.05, 3.63) is 42.0 Å². The van der Waals surface area contributed by atoms with Crippen LogP contribution in [0.3, 0.4) is 0 Å². The summed E-state index contributed by atoms with van der Waals surface area (Å²) in [6, 6.07) is 11.0. The molecule has 0 saturated heterocycles. The van der Waals surface area contributed by atoms with Crippen molar-refractivity contribution in [2.45, 2.75) is 25.3 Å². The fourth-order valence-corrected chi connectivity index (χ4v) is 2.28. The molecule has 92 valence electrons. The molecule has 0 heterocycles. The van der Waals surface area contributed by atoms with Gasteiger partial charge in [0.1, 0.15) is 5.75 Å². The van der Waals surface area contributed by atoms with Crippen LogP contribution in [-0.4, -0.2) is 17.1 Å². The maximum atomic E-state index is 12.2. The first-order chi connectivity index (χ1) is 8.74. The van der Waals surface area contributed by atoms with E-state index < -0.39 is 0 Å². The van der Waals surface area contributed by atoms with Gasteiger partial charge in [0.2, 0.25) is 0 Å². The second kappa shape index (κ2) is 4.33. The van der Waals surface area contributed by atoms with Gasteiger partial charge in [-0.3, -0.25) is 4.79 Å². The first kappa shape index (κ1) is 11.1. The van der Waals surface area contributed by atoms with Crippen LogP contribution in [0.1, 0.15) is 29.6 Å². The summed E-state index contributed by atoms with van der Waals surface area (Å²) in [5.41, 5.74) is 0.680. The van der Waals surface area contributed by atoms with E-state index >= 15 is 0 Å². The molecule has 1 fully saturated rings. The SMILES string of the molecule is O=C(NC1CCC1)c1cccc2cc(O)ccc12. The molecule has 0 spiro atoms. The highest BCUT2D eigenvalue weighted by Gasteiger charge is 2.20. The van der Waals surface area contributed by atoms with Crippen molar-refractivity contribution in [3.63, 3.8) is 0 Å². The van der Waals surface area contributed by atoms with Gasteiger partial charge in [0.25, 0.3) is 5.91 Å². The van der Waals surface area contributed by atoms with E-state index in [0.717, 1.165) is 23.6 Å². The summed E-state index contributed by atoms with van der Waals surface area (Å²) in [6.07, 6.45) is 3.36. The lowest BCUT2D eigenvalue weighted by Gasteiger charge is -2.26. The molecule has 1 saturated carbocycles. The molecule has 2 N–H and O–H groups in total. The van der Waals surface area contributed by atoms with Crippen LogP contribution >= 0.6 is 0 Å². The molecule has 0 aliphatic heterocycles. The molecule has 0 aromatic heterocycles. The van der Waals surface area contributed by atoms with Crippen LogP contribution in [0.4, 0.5) is 0 Å². The van der Waals surface area contributed by atoms with Gasteiger partial charge in [-0.15, -0.1) is 0 Å². The molecule has 3 rings (SSSR count). The minimum Gasteiger partial charge on any atom is -0.508 e. The lowest BCUT2D eigenvalue weighted by Crippen LogP contribution is -2.39. The zero-order valence-corrected chi connectivity index (χ0v) is 10.0. The highest BCUT2D eigenvalue weighted by molar-refractivity contribution is 6.07. The summed E-state index contributed by atoms with van der Waals surface area (Å²) < 4.78 is 0. The summed E-state index contributed by atoms with van der Waals surface area (Å²) in [5, 5.41) is 14.3. The third-order valence-corrected chi connectivity index (χ3v) is 3.55. The maximum Gasteiger partial charge on any atom is 0.252 e. The Hall–Kier alpha value is -2.03. The highest BCUT2D eigenvalue weighted by Crippen LogP contribution is 2.24. The van der Waals surface area contributed by atoms with E-state index in [-0.39, 0.29) is 11.7 Å². The average molecular weight is 241 g/mol. The van der Waals surface area contributed by atoms with Crippen molar-refractivity contribution in [3.8, 4) is 5.75 Å². The Morgan fingerprint density at radius 2 is 2.06 bits per heavy atom. The number of carbonyl (C=O) groups is 1. The van der Waals surface area contributed by atoms with Gasteiger partial charge in [-0.25, -0.2) is 0 Å². The number of hydrogen-bond acceptors (Lipinski definition) is 2. The maximum absolute atomic E-state index is 12.2. The van der Waals surface area contributed by atoms with Gasteiger partial charge >= 0.3 is 0 Å².